The molecule has 0 saturated carbocycles. The number of anilines is 2. The Hall–Kier alpha value is -1.93. The molecule has 0 radical (unpaired) electrons. The van der Waals surface area contributed by atoms with Crippen LogP contribution in [0.3, 0.4) is 0 Å². The maximum atomic E-state index is 5.32. The van der Waals surface area contributed by atoms with Crippen LogP contribution < -0.4 is 21.3 Å². The van der Waals surface area contributed by atoms with Crippen LogP contribution in [0.2, 0.25) is 0 Å². The Balaban J connectivity index is 2.07. The normalized spacial score (nSPS) is 10.2. The van der Waals surface area contributed by atoms with Gasteiger partial charge in [0.15, 0.2) is 0 Å². The lowest BCUT2D eigenvalue weighted by molar-refractivity contribution is 0.312. The van der Waals surface area contributed by atoms with Gasteiger partial charge in [-0.2, -0.15) is 15.0 Å². The zero-order chi connectivity index (χ0) is 14.4. The minimum atomic E-state index is 0.230. The highest BCUT2D eigenvalue weighted by atomic mass is 79.9. The molecule has 0 fully saturated rings. The molecule has 1 heterocycles. The second kappa shape index (κ2) is 7.01. The van der Waals surface area contributed by atoms with E-state index in [0.717, 1.165) is 10.0 Å². The third kappa shape index (κ3) is 4.04. The highest BCUT2D eigenvalue weighted by Crippen LogP contribution is 2.13. The van der Waals surface area contributed by atoms with Gasteiger partial charge in [0.25, 0.3) is 0 Å². The second-order valence-corrected chi connectivity index (χ2v) is 4.74. The van der Waals surface area contributed by atoms with Gasteiger partial charge in [0.1, 0.15) is 0 Å². The van der Waals surface area contributed by atoms with Crippen molar-refractivity contribution >= 4 is 27.8 Å². The van der Waals surface area contributed by atoms with Crippen LogP contribution in [0.4, 0.5) is 11.9 Å². The van der Waals surface area contributed by atoms with Crippen LogP contribution in [0, 0.1) is 0 Å². The first kappa shape index (κ1) is 14.5. The summed E-state index contributed by atoms with van der Waals surface area (Å²) in [7, 11) is 0. The summed E-state index contributed by atoms with van der Waals surface area (Å²) in [5.74, 6) is 5.97. The van der Waals surface area contributed by atoms with E-state index in [9.17, 15) is 0 Å². The summed E-state index contributed by atoms with van der Waals surface area (Å²) in [6, 6.07) is 8.19. The van der Waals surface area contributed by atoms with E-state index in [1.807, 2.05) is 31.2 Å². The zero-order valence-electron chi connectivity index (χ0n) is 10.9. The molecule has 0 aliphatic rings. The topological polar surface area (TPSA) is 98.0 Å². The van der Waals surface area contributed by atoms with E-state index in [4.69, 9.17) is 10.6 Å². The molecule has 0 unspecified atom stereocenters. The van der Waals surface area contributed by atoms with E-state index in [1.54, 1.807) is 0 Å². The highest BCUT2D eigenvalue weighted by Gasteiger charge is 2.06. The number of benzene rings is 1. The fraction of sp³-hybridized carbons (Fsp3) is 0.250. The summed E-state index contributed by atoms with van der Waals surface area (Å²) < 4.78 is 6.29. The maximum absolute atomic E-state index is 5.32. The Kier molecular flexibility index (Phi) is 5.08. The van der Waals surface area contributed by atoms with Crippen molar-refractivity contribution in [3.8, 4) is 6.01 Å². The molecule has 106 valence electrons. The highest BCUT2D eigenvalue weighted by molar-refractivity contribution is 9.10. The molecule has 0 atom stereocenters. The van der Waals surface area contributed by atoms with Gasteiger partial charge in [0.05, 0.1) is 6.61 Å². The number of nitrogens with one attached hydrogen (secondary N) is 2. The fourth-order valence-corrected chi connectivity index (χ4v) is 1.74. The summed E-state index contributed by atoms with van der Waals surface area (Å²) in [4.78, 5) is 12.2. The second-order valence-electron chi connectivity index (χ2n) is 3.82. The van der Waals surface area contributed by atoms with Gasteiger partial charge < -0.3 is 10.1 Å². The molecule has 2 rings (SSSR count). The van der Waals surface area contributed by atoms with Crippen molar-refractivity contribution in [1.29, 1.82) is 0 Å². The Morgan fingerprint density at radius 3 is 2.50 bits per heavy atom. The number of rotatable bonds is 6. The van der Waals surface area contributed by atoms with Gasteiger partial charge in [-0.1, -0.05) is 28.1 Å². The number of hydrogen-bond acceptors (Lipinski definition) is 7. The molecule has 4 N–H and O–H groups in total. The molecule has 0 aliphatic heterocycles. The number of nitrogens with two attached hydrogens (primary N) is 1. The first-order chi connectivity index (χ1) is 9.71. The maximum Gasteiger partial charge on any atom is 0.323 e. The first-order valence-electron chi connectivity index (χ1n) is 6.05. The van der Waals surface area contributed by atoms with Crippen molar-refractivity contribution in [2.75, 3.05) is 17.3 Å². The van der Waals surface area contributed by atoms with Crippen molar-refractivity contribution in [3.63, 3.8) is 0 Å². The predicted molar refractivity (Wildman–Crippen MR) is 80.3 cm³/mol. The van der Waals surface area contributed by atoms with Crippen LogP contribution >= 0.6 is 15.9 Å². The number of aromatic nitrogens is 3. The predicted octanol–water partition coefficient (Wildman–Crippen LogP) is 1.93. The smallest absolute Gasteiger partial charge is 0.323 e. The van der Waals surface area contributed by atoms with E-state index in [-0.39, 0.29) is 12.0 Å². The largest absolute Gasteiger partial charge is 0.464 e. The quantitative estimate of drug-likeness (QED) is 0.546. The summed E-state index contributed by atoms with van der Waals surface area (Å²) in [5.41, 5.74) is 3.49. The Labute approximate surface area is 125 Å². The number of nitrogen functional groups attached to an aromatic ring is 1. The molecule has 0 amide bonds. The van der Waals surface area contributed by atoms with E-state index in [0.29, 0.717) is 19.1 Å². The Morgan fingerprint density at radius 2 is 1.85 bits per heavy atom. The van der Waals surface area contributed by atoms with E-state index >= 15 is 0 Å². The van der Waals surface area contributed by atoms with E-state index < -0.39 is 0 Å². The Bertz CT molecular complexity index is 562. The van der Waals surface area contributed by atoms with Gasteiger partial charge in [-0.05, 0) is 24.6 Å². The van der Waals surface area contributed by atoms with Crippen molar-refractivity contribution in [3.05, 3.63) is 34.3 Å². The van der Waals surface area contributed by atoms with Gasteiger partial charge in [0, 0.05) is 11.0 Å². The SMILES string of the molecule is CCOc1nc(NN)nc(NCc2ccc(Br)cc2)n1. The molecular formula is C12H15BrN6O. The summed E-state index contributed by atoms with van der Waals surface area (Å²) in [6.07, 6.45) is 0. The average molecular weight is 339 g/mol. The summed E-state index contributed by atoms with van der Waals surface area (Å²) in [5, 5.41) is 3.10. The number of ether oxygens (including phenoxy) is 1. The number of nitrogens with zero attached hydrogens (tertiary/aromatic N) is 3. The van der Waals surface area contributed by atoms with Crippen LogP contribution in [0.25, 0.3) is 0 Å². The average Bonchev–Trinajstić information content (AvgIpc) is 2.47. The fourth-order valence-electron chi connectivity index (χ4n) is 1.48. The molecule has 0 spiro atoms. The third-order valence-corrected chi connectivity index (χ3v) is 2.91. The molecule has 2 aromatic rings. The van der Waals surface area contributed by atoms with Crippen LogP contribution in [-0.4, -0.2) is 21.6 Å². The van der Waals surface area contributed by atoms with Gasteiger partial charge >= 0.3 is 6.01 Å². The van der Waals surface area contributed by atoms with Crippen molar-refractivity contribution in [2.45, 2.75) is 13.5 Å². The van der Waals surface area contributed by atoms with Crippen LogP contribution in [-0.2, 0) is 6.54 Å². The lowest BCUT2D eigenvalue weighted by Gasteiger charge is -2.08. The molecular weight excluding hydrogens is 324 g/mol. The monoisotopic (exact) mass is 338 g/mol. The van der Waals surface area contributed by atoms with Crippen LogP contribution in [0.5, 0.6) is 6.01 Å². The van der Waals surface area contributed by atoms with Gasteiger partial charge in [0.2, 0.25) is 11.9 Å². The lowest BCUT2D eigenvalue weighted by atomic mass is 10.2. The number of hydrogen-bond donors (Lipinski definition) is 3. The summed E-state index contributed by atoms with van der Waals surface area (Å²) >= 11 is 3.40. The van der Waals surface area contributed by atoms with E-state index in [2.05, 4.69) is 41.6 Å². The molecule has 8 heteroatoms. The molecule has 0 saturated heterocycles. The van der Waals surface area contributed by atoms with Crippen LogP contribution in [0.15, 0.2) is 28.7 Å². The van der Waals surface area contributed by atoms with Gasteiger partial charge in [-0.25, -0.2) is 5.84 Å². The molecule has 20 heavy (non-hydrogen) atoms. The minimum Gasteiger partial charge on any atom is -0.464 e. The Morgan fingerprint density at radius 1 is 1.15 bits per heavy atom. The third-order valence-electron chi connectivity index (χ3n) is 2.38. The van der Waals surface area contributed by atoms with Crippen molar-refractivity contribution in [1.82, 2.24) is 15.0 Å². The number of halogens is 1. The number of hydrazine groups is 1. The zero-order valence-corrected chi connectivity index (χ0v) is 12.5. The van der Waals surface area contributed by atoms with Crippen LogP contribution in [0.1, 0.15) is 12.5 Å². The standard InChI is InChI=1S/C12H15BrN6O/c1-2-20-12-17-10(16-11(18-12)19-14)15-7-8-3-5-9(13)6-4-8/h3-6H,2,7,14H2,1H3,(H2,15,16,17,18,19). The summed E-state index contributed by atoms with van der Waals surface area (Å²) in [6.45, 7) is 2.92. The molecule has 0 aliphatic carbocycles. The first-order valence-corrected chi connectivity index (χ1v) is 6.84. The van der Waals surface area contributed by atoms with E-state index in [1.165, 1.54) is 0 Å². The van der Waals surface area contributed by atoms with Crippen molar-refractivity contribution in [2.24, 2.45) is 5.84 Å². The molecule has 1 aromatic heterocycles. The van der Waals surface area contributed by atoms with Gasteiger partial charge in [-0.15, -0.1) is 0 Å². The minimum absolute atomic E-state index is 0.230. The lowest BCUT2D eigenvalue weighted by Crippen LogP contribution is -2.14. The molecule has 1 aromatic carbocycles. The molecule has 0 bridgehead atoms. The molecule has 7 nitrogen and oxygen atoms in total. The van der Waals surface area contributed by atoms with Crippen molar-refractivity contribution < 1.29 is 4.74 Å². The van der Waals surface area contributed by atoms with Gasteiger partial charge in [-0.3, -0.25) is 5.43 Å².